The van der Waals surface area contributed by atoms with E-state index in [2.05, 4.69) is 143 Å². The zero-order valence-corrected chi connectivity index (χ0v) is 26.2. The van der Waals surface area contributed by atoms with Gasteiger partial charge in [0.15, 0.2) is 0 Å². The molecule has 0 spiro atoms. The number of rotatable bonds is 0. The molecule has 2 nitrogen and oxygen atoms in total. The van der Waals surface area contributed by atoms with E-state index in [9.17, 15) is 0 Å². The van der Waals surface area contributed by atoms with Gasteiger partial charge in [0.1, 0.15) is 0 Å². The molecule has 0 fully saturated rings. The summed E-state index contributed by atoms with van der Waals surface area (Å²) in [7, 11) is 0. The molecule has 4 aliphatic heterocycles. The Bertz CT molecular complexity index is 2780. The lowest BCUT2D eigenvalue weighted by molar-refractivity contribution is 1.14. The van der Waals surface area contributed by atoms with Crippen molar-refractivity contribution in [2.45, 2.75) is 12.8 Å². The summed E-state index contributed by atoms with van der Waals surface area (Å²) in [5, 5.41) is 5.36. The lowest BCUT2D eigenvalue weighted by Gasteiger charge is -2.33. The molecule has 4 aliphatic rings. The molecule has 0 N–H and O–H groups in total. The van der Waals surface area contributed by atoms with Gasteiger partial charge >= 0.3 is 0 Å². The molecular weight excluding hydrogens is 578 g/mol. The van der Waals surface area contributed by atoms with Gasteiger partial charge in [0.05, 0.1) is 11.0 Å². The Balaban J connectivity index is 1.19. The standard InChI is InChI=1S/C44H26B2N2/c1-3-15-33-25(9-1)21-27-11-5-19-37-41(27)45(33)35-17-7-13-29-31-23-40-32(24-39(31)47(37)43(29)35)30-14-8-18-36-44(30)48(40)38-20-6-12-28-22-26-10-2-4-16-34(26)46(36)42(28)38/h1-20,23-24H,21-22H2. The van der Waals surface area contributed by atoms with Crippen LogP contribution in [0.15, 0.2) is 133 Å². The summed E-state index contributed by atoms with van der Waals surface area (Å²) in [5.41, 5.74) is 22.6. The van der Waals surface area contributed by atoms with Crippen LogP contribution in [0.5, 0.6) is 0 Å². The molecule has 0 saturated heterocycles. The highest BCUT2D eigenvalue weighted by atomic mass is 15.0. The molecule has 7 aromatic carbocycles. The van der Waals surface area contributed by atoms with Gasteiger partial charge in [0, 0.05) is 44.0 Å². The summed E-state index contributed by atoms with van der Waals surface area (Å²) >= 11 is 0. The number of benzene rings is 7. The molecule has 6 heterocycles. The average molecular weight is 604 g/mol. The molecule has 218 valence electrons. The first-order valence-corrected chi connectivity index (χ1v) is 17.3. The maximum absolute atomic E-state index is 2.61. The highest BCUT2D eigenvalue weighted by Gasteiger charge is 2.40. The Hall–Kier alpha value is -5.73. The second-order valence-electron chi connectivity index (χ2n) is 14.4. The summed E-state index contributed by atoms with van der Waals surface area (Å²) in [5.74, 6) is 0. The minimum atomic E-state index is 0.259. The van der Waals surface area contributed by atoms with E-state index in [1.807, 2.05) is 0 Å². The van der Waals surface area contributed by atoms with Crippen molar-refractivity contribution in [1.29, 1.82) is 0 Å². The van der Waals surface area contributed by atoms with Crippen molar-refractivity contribution in [2.24, 2.45) is 0 Å². The van der Waals surface area contributed by atoms with E-state index < -0.39 is 0 Å². The van der Waals surface area contributed by atoms with E-state index in [1.165, 1.54) is 110 Å². The summed E-state index contributed by atoms with van der Waals surface area (Å²) in [6, 6.07) is 51.3. The Kier molecular flexibility index (Phi) is 4.18. The molecule has 2 aromatic heterocycles. The molecule has 9 aromatic rings. The quantitative estimate of drug-likeness (QED) is 0.207. The number of hydrogen-bond acceptors (Lipinski definition) is 0. The predicted octanol–water partition coefficient (Wildman–Crippen LogP) is 5.35. The van der Waals surface area contributed by atoms with Crippen LogP contribution in [0.25, 0.3) is 55.0 Å². The van der Waals surface area contributed by atoms with E-state index >= 15 is 0 Å². The smallest absolute Gasteiger partial charge is 0.247 e. The average Bonchev–Trinajstić information content (AvgIpc) is 3.64. The van der Waals surface area contributed by atoms with Crippen LogP contribution in [-0.2, 0) is 12.8 Å². The lowest BCUT2D eigenvalue weighted by atomic mass is 9.32. The monoisotopic (exact) mass is 604 g/mol. The minimum Gasteiger partial charge on any atom is -0.310 e. The van der Waals surface area contributed by atoms with Gasteiger partial charge in [-0.3, -0.25) is 0 Å². The number of nitrogens with zero attached hydrogens (tertiary/aromatic N) is 2. The first-order valence-electron chi connectivity index (χ1n) is 17.3. The summed E-state index contributed by atoms with van der Waals surface area (Å²) < 4.78 is 5.21. The largest absolute Gasteiger partial charge is 0.310 e. The van der Waals surface area contributed by atoms with E-state index in [-0.39, 0.29) is 13.4 Å². The van der Waals surface area contributed by atoms with Crippen molar-refractivity contribution in [3.05, 3.63) is 156 Å². The van der Waals surface area contributed by atoms with Crippen LogP contribution in [0.3, 0.4) is 0 Å². The van der Waals surface area contributed by atoms with Gasteiger partial charge < -0.3 is 9.13 Å². The van der Waals surface area contributed by atoms with Crippen molar-refractivity contribution in [3.63, 3.8) is 0 Å². The number of fused-ring (bicyclic) bond motifs is 14. The SMILES string of the molecule is c1ccc2c(c1)Cc1cccc3c1B2c1cccc2c4cc5c(cc4n-3c12)c1cccc2c1n5-c1cccc3c1B2c1ccccc1C3. The second-order valence-corrected chi connectivity index (χ2v) is 14.4. The van der Waals surface area contributed by atoms with Crippen LogP contribution in [0.4, 0.5) is 0 Å². The third kappa shape index (κ3) is 2.68. The lowest BCUT2D eigenvalue weighted by Crippen LogP contribution is -2.60. The fraction of sp³-hybridized carbons (Fsp3) is 0.0455. The third-order valence-corrected chi connectivity index (χ3v) is 12.3. The van der Waals surface area contributed by atoms with Crippen molar-refractivity contribution in [1.82, 2.24) is 9.13 Å². The van der Waals surface area contributed by atoms with Gasteiger partial charge in [-0.15, -0.1) is 0 Å². The van der Waals surface area contributed by atoms with Crippen molar-refractivity contribution < 1.29 is 0 Å². The van der Waals surface area contributed by atoms with Gasteiger partial charge in [0.2, 0.25) is 13.4 Å². The molecule has 4 heteroatoms. The molecule has 0 atom stereocenters. The zero-order valence-electron chi connectivity index (χ0n) is 26.2. The molecule has 13 rings (SSSR count). The molecule has 0 bridgehead atoms. The van der Waals surface area contributed by atoms with Gasteiger partial charge in [0.25, 0.3) is 0 Å². The maximum Gasteiger partial charge on any atom is 0.247 e. The highest BCUT2D eigenvalue weighted by Crippen LogP contribution is 2.41. The van der Waals surface area contributed by atoms with Gasteiger partial charge in [-0.25, -0.2) is 0 Å². The topological polar surface area (TPSA) is 9.86 Å². The molecule has 0 saturated carbocycles. The molecule has 0 unspecified atom stereocenters. The van der Waals surface area contributed by atoms with Crippen LogP contribution in [0, 0.1) is 0 Å². The normalized spacial score (nSPS) is 14.4. The van der Waals surface area contributed by atoms with Gasteiger partial charge in [-0.2, -0.15) is 0 Å². The fourth-order valence-electron chi connectivity index (χ4n) is 10.5. The number of para-hydroxylation sites is 2. The zero-order chi connectivity index (χ0) is 30.8. The highest BCUT2D eigenvalue weighted by molar-refractivity contribution is 6.99. The van der Waals surface area contributed by atoms with Gasteiger partial charge in [-0.05, 0) is 81.2 Å². The van der Waals surface area contributed by atoms with Crippen LogP contribution < -0.4 is 32.8 Å². The predicted molar refractivity (Wildman–Crippen MR) is 203 cm³/mol. The second kappa shape index (κ2) is 8.21. The number of aromatic nitrogens is 2. The first kappa shape index (κ1) is 24.4. The number of hydrogen-bond donors (Lipinski definition) is 0. The van der Waals surface area contributed by atoms with Crippen LogP contribution >= 0.6 is 0 Å². The van der Waals surface area contributed by atoms with Crippen LogP contribution in [-0.4, -0.2) is 22.6 Å². The summed E-state index contributed by atoms with van der Waals surface area (Å²) in [4.78, 5) is 0. The van der Waals surface area contributed by atoms with Crippen molar-refractivity contribution in [2.75, 3.05) is 0 Å². The molecule has 0 aliphatic carbocycles. The third-order valence-electron chi connectivity index (χ3n) is 12.3. The van der Waals surface area contributed by atoms with Crippen molar-refractivity contribution >= 4 is 89.8 Å². The Labute approximate surface area is 278 Å². The molecule has 0 amide bonds. The Morgan fingerprint density at radius 2 is 0.792 bits per heavy atom. The molecular formula is C44H26B2N2. The van der Waals surface area contributed by atoms with Crippen molar-refractivity contribution in [3.8, 4) is 11.4 Å². The van der Waals surface area contributed by atoms with E-state index in [4.69, 9.17) is 0 Å². The first-order chi connectivity index (χ1) is 23.8. The summed E-state index contributed by atoms with van der Waals surface area (Å²) in [6.07, 6.45) is 1.99. The van der Waals surface area contributed by atoms with Gasteiger partial charge in [-0.1, -0.05) is 120 Å². The summed E-state index contributed by atoms with van der Waals surface area (Å²) in [6.45, 7) is 0.518. The molecule has 48 heavy (non-hydrogen) atoms. The fourth-order valence-corrected chi connectivity index (χ4v) is 10.5. The van der Waals surface area contributed by atoms with E-state index in [0.717, 1.165) is 12.8 Å². The molecule has 0 radical (unpaired) electrons. The van der Waals surface area contributed by atoms with Crippen LogP contribution in [0.1, 0.15) is 22.3 Å². The minimum absolute atomic E-state index is 0.259. The van der Waals surface area contributed by atoms with Crippen LogP contribution in [0.2, 0.25) is 0 Å². The Morgan fingerprint density at radius 3 is 1.29 bits per heavy atom. The van der Waals surface area contributed by atoms with E-state index in [1.54, 1.807) is 0 Å². The Morgan fingerprint density at radius 1 is 0.375 bits per heavy atom. The van der Waals surface area contributed by atoms with E-state index in [0.29, 0.717) is 0 Å². The maximum atomic E-state index is 2.61.